The van der Waals surface area contributed by atoms with E-state index in [0.717, 1.165) is 40.8 Å². The highest BCUT2D eigenvalue weighted by molar-refractivity contribution is 7.20. The number of benzene rings is 1. The molecule has 1 aromatic carbocycles. The highest BCUT2D eigenvalue weighted by Gasteiger charge is 2.15. The molecule has 1 aliphatic rings. The van der Waals surface area contributed by atoms with Crippen LogP contribution in [0.15, 0.2) is 30.3 Å². The van der Waals surface area contributed by atoms with Crippen LogP contribution in [0.1, 0.15) is 28.9 Å². The third-order valence-electron chi connectivity index (χ3n) is 3.73. The number of hydrogen-bond donors (Lipinski definition) is 1. The molecule has 1 atom stereocenters. The van der Waals surface area contributed by atoms with Crippen LogP contribution in [0.4, 0.5) is 0 Å². The zero-order valence-corrected chi connectivity index (χ0v) is 13.4. The molecule has 2 heterocycles. The van der Waals surface area contributed by atoms with Crippen molar-refractivity contribution in [2.24, 2.45) is 0 Å². The molecule has 5 heteroatoms. The average molecular weight is 319 g/mol. The molecule has 1 aliphatic heterocycles. The number of ether oxygens (including phenoxy) is 2. The minimum atomic E-state index is 0.000302. The Morgan fingerprint density at radius 1 is 1.41 bits per heavy atom. The summed E-state index contributed by atoms with van der Waals surface area (Å²) in [5.41, 5.74) is 0. The van der Waals surface area contributed by atoms with Gasteiger partial charge in [0.1, 0.15) is 0 Å². The summed E-state index contributed by atoms with van der Waals surface area (Å²) in [6, 6.07) is 9.99. The second-order valence-electron chi connectivity index (χ2n) is 5.47. The standard InChI is InChI=1S/C17H21NO3S/c19-17(16-11-13-5-1-2-7-15(13)22-16)18-8-4-9-20-12-14-6-3-10-21-14/h1-2,5,7,11,14H,3-4,6,8-10,12H2,(H,18,19). The number of thiophene rings is 1. The van der Waals surface area contributed by atoms with Crippen molar-refractivity contribution < 1.29 is 14.3 Å². The molecular weight excluding hydrogens is 298 g/mol. The van der Waals surface area contributed by atoms with Crippen LogP contribution in [0.3, 0.4) is 0 Å². The maximum absolute atomic E-state index is 12.1. The van der Waals surface area contributed by atoms with Crippen molar-refractivity contribution in [2.45, 2.75) is 25.4 Å². The van der Waals surface area contributed by atoms with Crippen molar-refractivity contribution in [1.29, 1.82) is 0 Å². The van der Waals surface area contributed by atoms with E-state index in [2.05, 4.69) is 5.32 Å². The summed E-state index contributed by atoms with van der Waals surface area (Å²) in [7, 11) is 0. The lowest BCUT2D eigenvalue weighted by molar-refractivity contribution is 0.0166. The molecule has 1 unspecified atom stereocenters. The predicted octanol–water partition coefficient (Wildman–Crippen LogP) is 3.22. The van der Waals surface area contributed by atoms with Gasteiger partial charge in [-0.2, -0.15) is 0 Å². The molecule has 0 spiro atoms. The first-order valence-electron chi connectivity index (χ1n) is 7.79. The third kappa shape index (κ3) is 4.06. The summed E-state index contributed by atoms with van der Waals surface area (Å²) >= 11 is 1.53. The van der Waals surface area contributed by atoms with Crippen LogP contribution < -0.4 is 5.32 Å². The molecule has 3 rings (SSSR count). The van der Waals surface area contributed by atoms with E-state index >= 15 is 0 Å². The highest BCUT2D eigenvalue weighted by atomic mass is 32.1. The van der Waals surface area contributed by atoms with Crippen molar-refractivity contribution in [3.05, 3.63) is 35.2 Å². The average Bonchev–Trinajstić information content (AvgIpc) is 3.19. The molecule has 4 nitrogen and oxygen atoms in total. The quantitative estimate of drug-likeness (QED) is 0.797. The number of fused-ring (bicyclic) bond motifs is 1. The van der Waals surface area contributed by atoms with Crippen LogP contribution >= 0.6 is 11.3 Å². The molecule has 118 valence electrons. The first-order chi connectivity index (χ1) is 10.8. The van der Waals surface area contributed by atoms with Gasteiger partial charge in [0.15, 0.2) is 0 Å². The van der Waals surface area contributed by atoms with Crippen LogP contribution in [0, 0.1) is 0 Å². The SMILES string of the molecule is O=C(NCCCOCC1CCCO1)c1cc2ccccc2s1. The van der Waals surface area contributed by atoms with Gasteiger partial charge in [-0.3, -0.25) is 4.79 Å². The van der Waals surface area contributed by atoms with Crippen LogP contribution in [-0.4, -0.2) is 38.4 Å². The second-order valence-corrected chi connectivity index (χ2v) is 6.55. The number of hydrogen-bond acceptors (Lipinski definition) is 4. The fourth-order valence-corrected chi connectivity index (χ4v) is 3.53. The number of amides is 1. The van der Waals surface area contributed by atoms with Crippen molar-refractivity contribution in [3.63, 3.8) is 0 Å². The molecule has 1 fully saturated rings. The van der Waals surface area contributed by atoms with Gasteiger partial charge in [-0.1, -0.05) is 18.2 Å². The van der Waals surface area contributed by atoms with Crippen molar-refractivity contribution in [3.8, 4) is 0 Å². The van der Waals surface area contributed by atoms with Gasteiger partial charge in [-0.15, -0.1) is 11.3 Å². The number of rotatable bonds is 7. The minimum Gasteiger partial charge on any atom is -0.379 e. The van der Waals surface area contributed by atoms with Crippen LogP contribution in [0.5, 0.6) is 0 Å². The normalized spacial score (nSPS) is 17.9. The Hall–Kier alpha value is -1.43. The van der Waals surface area contributed by atoms with E-state index in [-0.39, 0.29) is 12.0 Å². The Morgan fingerprint density at radius 3 is 3.14 bits per heavy atom. The van der Waals surface area contributed by atoms with Crippen LogP contribution in [0.25, 0.3) is 10.1 Å². The Kier molecular flexibility index (Phi) is 5.43. The Morgan fingerprint density at radius 2 is 2.32 bits per heavy atom. The molecule has 0 bridgehead atoms. The molecule has 0 radical (unpaired) electrons. The summed E-state index contributed by atoms with van der Waals surface area (Å²) in [4.78, 5) is 12.9. The number of nitrogens with one attached hydrogen (secondary N) is 1. The zero-order chi connectivity index (χ0) is 15.2. The van der Waals surface area contributed by atoms with Crippen molar-refractivity contribution >= 4 is 27.3 Å². The molecule has 0 aliphatic carbocycles. The lowest BCUT2D eigenvalue weighted by Crippen LogP contribution is -2.25. The van der Waals surface area contributed by atoms with E-state index in [0.29, 0.717) is 19.8 Å². The summed E-state index contributed by atoms with van der Waals surface area (Å²) < 4.78 is 12.2. The van der Waals surface area contributed by atoms with Gasteiger partial charge in [0.25, 0.3) is 5.91 Å². The molecular formula is C17H21NO3S. The van der Waals surface area contributed by atoms with Gasteiger partial charge in [0, 0.05) is 24.5 Å². The largest absolute Gasteiger partial charge is 0.379 e. The molecule has 1 amide bonds. The van der Waals surface area contributed by atoms with E-state index in [9.17, 15) is 4.79 Å². The fourth-order valence-electron chi connectivity index (χ4n) is 2.55. The Labute approximate surface area is 134 Å². The first-order valence-corrected chi connectivity index (χ1v) is 8.61. The van der Waals surface area contributed by atoms with Gasteiger partial charge < -0.3 is 14.8 Å². The monoisotopic (exact) mass is 319 g/mol. The van der Waals surface area contributed by atoms with Crippen LogP contribution in [-0.2, 0) is 9.47 Å². The zero-order valence-electron chi connectivity index (χ0n) is 12.5. The molecule has 1 saturated heterocycles. The molecule has 1 aromatic heterocycles. The van der Waals surface area contributed by atoms with E-state index < -0.39 is 0 Å². The summed E-state index contributed by atoms with van der Waals surface area (Å²) in [5.74, 6) is 0.000302. The van der Waals surface area contributed by atoms with E-state index in [4.69, 9.17) is 9.47 Å². The summed E-state index contributed by atoms with van der Waals surface area (Å²) in [6.07, 6.45) is 3.33. The maximum atomic E-state index is 12.1. The minimum absolute atomic E-state index is 0.000302. The van der Waals surface area contributed by atoms with Gasteiger partial charge in [-0.05, 0) is 36.8 Å². The Balaban J connectivity index is 1.35. The summed E-state index contributed by atoms with van der Waals surface area (Å²) in [5, 5.41) is 4.07. The van der Waals surface area contributed by atoms with Gasteiger partial charge in [-0.25, -0.2) is 0 Å². The molecule has 0 saturated carbocycles. The second kappa shape index (κ2) is 7.72. The smallest absolute Gasteiger partial charge is 0.261 e. The lowest BCUT2D eigenvalue weighted by atomic mass is 10.2. The summed E-state index contributed by atoms with van der Waals surface area (Å²) in [6.45, 7) is 2.83. The maximum Gasteiger partial charge on any atom is 0.261 e. The van der Waals surface area contributed by atoms with Crippen molar-refractivity contribution in [1.82, 2.24) is 5.32 Å². The van der Waals surface area contributed by atoms with Gasteiger partial charge in [0.2, 0.25) is 0 Å². The third-order valence-corrected chi connectivity index (χ3v) is 4.84. The van der Waals surface area contributed by atoms with E-state index in [1.165, 1.54) is 11.3 Å². The predicted molar refractivity (Wildman–Crippen MR) is 88.6 cm³/mol. The molecule has 2 aromatic rings. The first kappa shape index (κ1) is 15.5. The van der Waals surface area contributed by atoms with E-state index in [1.807, 2.05) is 30.3 Å². The van der Waals surface area contributed by atoms with E-state index in [1.54, 1.807) is 0 Å². The number of carbonyl (C=O) groups excluding carboxylic acids is 1. The topological polar surface area (TPSA) is 47.6 Å². The highest BCUT2D eigenvalue weighted by Crippen LogP contribution is 2.24. The molecule has 1 N–H and O–H groups in total. The van der Waals surface area contributed by atoms with Crippen LogP contribution in [0.2, 0.25) is 0 Å². The fraction of sp³-hybridized carbons (Fsp3) is 0.471. The van der Waals surface area contributed by atoms with Gasteiger partial charge >= 0.3 is 0 Å². The number of carbonyl (C=O) groups is 1. The van der Waals surface area contributed by atoms with Crippen molar-refractivity contribution in [2.75, 3.05) is 26.4 Å². The lowest BCUT2D eigenvalue weighted by Gasteiger charge is -2.10. The molecule has 22 heavy (non-hydrogen) atoms. The Bertz CT molecular complexity index is 586. The van der Waals surface area contributed by atoms with Gasteiger partial charge in [0.05, 0.1) is 17.6 Å².